The predicted molar refractivity (Wildman–Crippen MR) is 90.8 cm³/mol. The molecule has 0 heterocycles. The van der Waals surface area contributed by atoms with Gasteiger partial charge in [-0.15, -0.1) is 0 Å². The lowest BCUT2D eigenvalue weighted by molar-refractivity contribution is 0.547. The van der Waals surface area contributed by atoms with Gasteiger partial charge in [0, 0.05) is 0 Å². The van der Waals surface area contributed by atoms with Crippen LogP contribution in [0.15, 0.2) is 66.7 Å². The van der Waals surface area contributed by atoms with Crippen LogP contribution in [0.3, 0.4) is 0 Å². The summed E-state index contributed by atoms with van der Waals surface area (Å²) in [6.07, 6.45) is 5.53. The molecule has 2 aromatic carbocycles. The van der Waals surface area contributed by atoms with Gasteiger partial charge in [-0.2, -0.15) is 0 Å². The van der Waals surface area contributed by atoms with Gasteiger partial charge >= 0.3 is 0 Å². The first kappa shape index (κ1) is 16.2. The molecule has 0 heteroatoms. The first-order valence-electron chi connectivity index (χ1n) is 7.29. The summed E-state index contributed by atoms with van der Waals surface area (Å²) in [6, 6.07) is 20.8. The van der Waals surface area contributed by atoms with Gasteiger partial charge in [0.05, 0.1) is 0 Å². The highest BCUT2D eigenvalue weighted by Crippen LogP contribution is 2.16. The number of aryl methyl sites for hydroxylation is 1. The van der Waals surface area contributed by atoms with Crippen LogP contribution in [0.25, 0.3) is 6.08 Å². The van der Waals surface area contributed by atoms with E-state index >= 15 is 0 Å². The molecular formula is C20H26. The highest BCUT2D eigenvalue weighted by molar-refractivity contribution is 5.49. The zero-order valence-corrected chi connectivity index (χ0v) is 13.1. The van der Waals surface area contributed by atoms with Crippen LogP contribution < -0.4 is 0 Å². The molecule has 2 aromatic rings. The minimum atomic E-state index is 0.274. The maximum atomic E-state index is 2.22. The molecule has 0 fully saturated rings. The van der Waals surface area contributed by atoms with E-state index in [9.17, 15) is 0 Å². The molecule has 0 aromatic heterocycles. The molecule has 0 unspecified atom stereocenters. The van der Waals surface area contributed by atoms with E-state index in [2.05, 4.69) is 88.4 Å². The van der Waals surface area contributed by atoms with E-state index in [0.717, 1.165) is 6.42 Å². The normalized spacial score (nSPS) is 11.0. The van der Waals surface area contributed by atoms with E-state index in [1.807, 2.05) is 12.1 Å². The molecule has 20 heavy (non-hydrogen) atoms. The molecular weight excluding hydrogens is 240 g/mol. The summed E-state index contributed by atoms with van der Waals surface area (Å²) in [5.41, 5.74) is 2.95. The Bertz CT molecular complexity index is 487. The van der Waals surface area contributed by atoms with Crippen molar-refractivity contribution in [1.82, 2.24) is 0 Å². The van der Waals surface area contributed by atoms with Gasteiger partial charge in [-0.25, -0.2) is 0 Å². The Morgan fingerprint density at radius 2 is 1.30 bits per heavy atom. The van der Waals surface area contributed by atoms with Crippen LogP contribution in [0.5, 0.6) is 0 Å². The number of benzene rings is 2. The lowest BCUT2D eigenvalue weighted by Gasteiger charge is -2.10. The average Bonchev–Trinajstić information content (AvgIpc) is 2.47. The van der Waals surface area contributed by atoms with Crippen molar-refractivity contribution < 1.29 is 0 Å². The van der Waals surface area contributed by atoms with Gasteiger partial charge in [-0.05, 0) is 23.0 Å². The molecule has 0 atom stereocenters. The zero-order chi connectivity index (χ0) is 14.8. The van der Waals surface area contributed by atoms with Gasteiger partial charge < -0.3 is 0 Å². The molecule has 2 rings (SSSR count). The topological polar surface area (TPSA) is 0 Å². The van der Waals surface area contributed by atoms with E-state index in [4.69, 9.17) is 0 Å². The van der Waals surface area contributed by atoms with Gasteiger partial charge in [0.1, 0.15) is 0 Å². The van der Waals surface area contributed by atoms with Crippen LogP contribution in [-0.4, -0.2) is 0 Å². The maximum absolute atomic E-state index is 2.22. The van der Waals surface area contributed by atoms with Crippen molar-refractivity contribution in [3.63, 3.8) is 0 Å². The van der Waals surface area contributed by atoms with Crippen molar-refractivity contribution in [3.8, 4) is 0 Å². The smallest absolute Gasteiger partial charge is 0.0200 e. The van der Waals surface area contributed by atoms with Crippen LogP contribution in [0.4, 0.5) is 0 Å². The third-order valence-electron chi connectivity index (χ3n) is 2.83. The van der Waals surface area contributed by atoms with Crippen molar-refractivity contribution in [1.29, 1.82) is 0 Å². The molecule has 0 aliphatic rings. The summed E-state index contributed by atoms with van der Waals surface area (Å²) in [6.45, 7) is 8.76. The first-order chi connectivity index (χ1) is 9.51. The fraction of sp³-hybridized carbons (Fsp3) is 0.300. The molecule has 0 nitrogen and oxygen atoms in total. The SMILES string of the molecule is CC(C)(C)C=Cc1ccccc1.CCc1ccccc1. The Balaban J connectivity index is 0.000000217. The van der Waals surface area contributed by atoms with Crippen LogP contribution in [0, 0.1) is 5.41 Å². The lowest BCUT2D eigenvalue weighted by atomic mass is 9.95. The second-order valence-electron chi connectivity index (χ2n) is 5.95. The van der Waals surface area contributed by atoms with Gasteiger partial charge in [0.25, 0.3) is 0 Å². The molecule has 0 radical (unpaired) electrons. The van der Waals surface area contributed by atoms with Gasteiger partial charge in [0.2, 0.25) is 0 Å². The van der Waals surface area contributed by atoms with Crippen LogP contribution in [-0.2, 0) is 6.42 Å². The highest BCUT2D eigenvalue weighted by atomic mass is 14.1. The molecule has 106 valence electrons. The van der Waals surface area contributed by atoms with Crippen molar-refractivity contribution >= 4 is 6.08 Å². The van der Waals surface area contributed by atoms with Crippen LogP contribution in [0.2, 0.25) is 0 Å². The summed E-state index contributed by atoms with van der Waals surface area (Å²) < 4.78 is 0. The Kier molecular flexibility index (Phi) is 6.79. The number of hydrogen-bond donors (Lipinski definition) is 0. The average molecular weight is 266 g/mol. The maximum Gasteiger partial charge on any atom is -0.0200 e. The van der Waals surface area contributed by atoms with Crippen molar-refractivity contribution in [2.45, 2.75) is 34.1 Å². The molecule has 0 spiro atoms. The largest absolute Gasteiger partial charge is 0.0785 e. The van der Waals surface area contributed by atoms with E-state index in [0.29, 0.717) is 0 Å². The summed E-state index contributed by atoms with van der Waals surface area (Å²) in [7, 11) is 0. The van der Waals surface area contributed by atoms with E-state index in [1.165, 1.54) is 11.1 Å². The molecule has 0 bridgehead atoms. The Hall–Kier alpha value is -1.82. The Morgan fingerprint density at radius 1 is 0.800 bits per heavy atom. The Labute approximate surface area is 124 Å². The summed E-state index contributed by atoms with van der Waals surface area (Å²) >= 11 is 0. The van der Waals surface area contributed by atoms with E-state index < -0.39 is 0 Å². The monoisotopic (exact) mass is 266 g/mol. The highest BCUT2D eigenvalue weighted by Gasteiger charge is 2.02. The molecule has 0 aliphatic carbocycles. The summed E-state index contributed by atoms with van der Waals surface area (Å²) in [5, 5.41) is 0. The van der Waals surface area contributed by atoms with Gasteiger partial charge in [0.15, 0.2) is 0 Å². The number of hydrogen-bond acceptors (Lipinski definition) is 0. The second-order valence-corrected chi connectivity index (χ2v) is 5.95. The second kappa shape index (κ2) is 8.37. The first-order valence-corrected chi connectivity index (χ1v) is 7.29. The molecule has 0 amide bonds. The van der Waals surface area contributed by atoms with Crippen molar-refractivity contribution in [2.75, 3.05) is 0 Å². The standard InChI is InChI=1S/C12H16.C8H10/c1-12(2,3)10-9-11-7-5-4-6-8-11;1-2-8-6-4-3-5-7-8/h4-10H,1-3H3;3-7H,2H2,1H3. The molecule has 0 aliphatic heterocycles. The molecule has 0 saturated heterocycles. The molecule has 0 saturated carbocycles. The number of rotatable bonds is 2. The van der Waals surface area contributed by atoms with Crippen molar-refractivity contribution in [3.05, 3.63) is 77.9 Å². The summed E-state index contributed by atoms with van der Waals surface area (Å²) in [5.74, 6) is 0. The fourth-order valence-electron chi connectivity index (χ4n) is 1.62. The molecule has 0 N–H and O–H groups in total. The number of allylic oxidation sites excluding steroid dienone is 1. The van der Waals surface area contributed by atoms with Gasteiger partial charge in [-0.1, -0.05) is 101 Å². The minimum Gasteiger partial charge on any atom is -0.0785 e. The van der Waals surface area contributed by atoms with Crippen LogP contribution >= 0.6 is 0 Å². The van der Waals surface area contributed by atoms with E-state index in [-0.39, 0.29) is 5.41 Å². The third kappa shape index (κ3) is 7.58. The fourth-order valence-corrected chi connectivity index (χ4v) is 1.62. The quantitative estimate of drug-likeness (QED) is 0.626. The van der Waals surface area contributed by atoms with Crippen molar-refractivity contribution in [2.24, 2.45) is 5.41 Å². The lowest BCUT2D eigenvalue weighted by Crippen LogP contribution is -1.97. The van der Waals surface area contributed by atoms with E-state index in [1.54, 1.807) is 0 Å². The predicted octanol–water partition coefficient (Wildman–Crippen LogP) is 5.99. The third-order valence-corrected chi connectivity index (χ3v) is 2.83. The summed E-state index contributed by atoms with van der Waals surface area (Å²) in [4.78, 5) is 0. The minimum absolute atomic E-state index is 0.274. The Morgan fingerprint density at radius 3 is 1.70 bits per heavy atom. The zero-order valence-electron chi connectivity index (χ0n) is 13.1. The van der Waals surface area contributed by atoms with Crippen LogP contribution in [0.1, 0.15) is 38.8 Å². The van der Waals surface area contributed by atoms with Gasteiger partial charge in [-0.3, -0.25) is 0 Å².